The quantitative estimate of drug-likeness (QED) is 0.505. The zero-order valence-electron chi connectivity index (χ0n) is 11.0. The Morgan fingerprint density at radius 3 is 2.85 bits per heavy atom. The summed E-state index contributed by atoms with van der Waals surface area (Å²) in [5.41, 5.74) is 6.37. The average Bonchev–Trinajstić information content (AvgIpc) is 2.47. The predicted octanol–water partition coefficient (Wildman–Crippen LogP) is 1.88. The maximum atomic E-state index is 10.2. The number of rotatable bonds is 4. The Hall–Kier alpha value is -2.82. The number of carbonyl (C=O) groups is 1. The van der Waals surface area contributed by atoms with Crippen LogP contribution >= 0.6 is 0 Å². The molecule has 0 saturated heterocycles. The van der Waals surface area contributed by atoms with Crippen molar-refractivity contribution in [2.75, 3.05) is 7.11 Å². The first-order chi connectivity index (χ1) is 9.76. The van der Waals surface area contributed by atoms with Gasteiger partial charge in [-0.1, -0.05) is 30.3 Å². The highest BCUT2D eigenvalue weighted by molar-refractivity contribution is 5.93. The number of guanidine groups is 1. The first kappa shape index (κ1) is 13.6. The number of hydrogen-bond acceptors (Lipinski definition) is 3. The zero-order chi connectivity index (χ0) is 14.4. The van der Waals surface area contributed by atoms with Gasteiger partial charge >= 0.3 is 0 Å². The molecule has 0 saturated carbocycles. The summed E-state index contributed by atoms with van der Waals surface area (Å²) in [5.74, 6) is 0.785. The number of benzene rings is 2. The van der Waals surface area contributed by atoms with Crippen LogP contribution in [-0.4, -0.2) is 19.5 Å². The maximum Gasteiger partial charge on any atom is 0.213 e. The Bertz CT molecular complexity index is 678. The van der Waals surface area contributed by atoms with Crippen molar-refractivity contribution < 1.29 is 9.53 Å². The van der Waals surface area contributed by atoms with E-state index in [0.717, 1.165) is 22.1 Å². The highest BCUT2D eigenvalue weighted by atomic mass is 16.5. The van der Waals surface area contributed by atoms with E-state index in [-0.39, 0.29) is 5.96 Å². The van der Waals surface area contributed by atoms with Crippen molar-refractivity contribution in [1.29, 1.82) is 0 Å². The lowest BCUT2D eigenvalue weighted by atomic mass is 10.0. The molecule has 2 aromatic rings. The zero-order valence-corrected chi connectivity index (χ0v) is 11.0. The third-order valence-electron chi connectivity index (χ3n) is 2.81. The minimum absolute atomic E-state index is 0.0375. The number of nitrogens with one attached hydrogen (secondary N) is 1. The molecule has 0 aliphatic carbocycles. The van der Waals surface area contributed by atoms with Crippen molar-refractivity contribution >= 4 is 29.2 Å². The summed E-state index contributed by atoms with van der Waals surface area (Å²) in [4.78, 5) is 14.1. The summed E-state index contributed by atoms with van der Waals surface area (Å²) in [6.45, 7) is 0. The third kappa shape index (κ3) is 2.95. The van der Waals surface area contributed by atoms with Crippen LogP contribution in [-0.2, 0) is 4.79 Å². The van der Waals surface area contributed by atoms with Crippen LogP contribution in [0.25, 0.3) is 16.8 Å². The number of fused-ring (bicyclic) bond motifs is 1. The number of amides is 1. The van der Waals surface area contributed by atoms with E-state index in [1.807, 2.05) is 36.4 Å². The minimum Gasteiger partial charge on any atom is -0.496 e. The molecule has 2 rings (SSSR count). The van der Waals surface area contributed by atoms with Crippen LogP contribution in [0.15, 0.2) is 47.6 Å². The molecule has 0 aliphatic heterocycles. The number of methoxy groups -OCH3 is 1. The molecule has 0 unspecified atom stereocenters. The number of aliphatic imine (C=N–C) groups is 1. The summed E-state index contributed by atoms with van der Waals surface area (Å²) in [5, 5.41) is 4.43. The SMILES string of the molecule is COc1ccc2ccccc2c1/C=C/N=C(N)NC=O. The van der Waals surface area contributed by atoms with E-state index in [4.69, 9.17) is 10.5 Å². The molecule has 102 valence electrons. The van der Waals surface area contributed by atoms with Crippen molar-refractivity contribution in [3.05, 3.63) is 48.2 Å². The van der Waals surface area contributed by atoms with E-state index in [9.17, 15) is 4.79 Å². The summed E-state index contributed by atoms with van der Waals surface area (Å²) in [7, 11) is 1.62. The molecule has 5 nitrogen and oxygen atoms in total. The van der Waals surface area contributed by atoms with Crippen molar-refractivity contribution in [3.63, 3.8) is 0 Å². The highest BCUT2D eigenvalue weighted by Crippen LogP contribution is 2.29. The van der Waals surface area contributed by atoms with Crippen molar-refractivity contribution in [1.82, 2.24) is 5.32 Å². The van der Waals surface area contributed by atoms with Gasteiger partial charge in [0, 0.05) is 11.8 Å². The van der Waals surface area contributed by atoms with Crippen LogP contribution in [0.5, 0.6) is 5.75 Å². The van der Waals surface area contributed by atoms with Gasteiger partial charge in [0.2, 0.25) is 6.41 Å². The molecule has 0 bridgehead atoms. The Labute approximate surface area is 116 Å². The molecule has 0 heterocycles. The topological polar surface area (TPSA) is 76.7 Å². The predicted molar refractivity (Wildman–Crippen MR) is 80.4 cm³/mol. The molecular weight excluding hydrogens is 254 g/mol. The fraction of sp³-hybridized carbons (Fsp3) is 0.0667. The Kier molecular flexibility index (Phi) is 4.34. The van der Waals surface area contributed by atoms with Gasteiger partial charge in [0.1, 0.15) is 5.75 Å². The molecule has 3 N–H and O–H groups in total. The molecule has 0 aromatic heterocycles. The maximum absolute atomic E-state index is 10.2. The molecule has 2 aromatic carbocycles. The molecule has 1 amide bonds. The number of hydrogen-bond donors (Lipinski definition) is 2. The molecule has 0 radical (unpaired) electrons. The normalized spacial score (nSPS) is 11.8. The minimum atomic E-state index is 0.0375. The lowest BCUT2D eigenvalue weighted by molar-refractivity contribution is -0.108. The molecule has 0 aliphatic rings. The van der Waals surface area contributed by atoms with Crippen LogP contribution in [0, 0.1) is 0 Å². The highest BCUT2D eigenvalue weighted by Gasteiger charge is 2.04. The summed E-state index contributed by atoms with van der Waals surface area (Å²) >= 11 is 0. The van der Waals surface area contributed by atoms with Gasteiger partial charge in [0.05, 0.1) is 7.11 Å². The van der Waals surface area contributed by atoms with Crippen LogP contribution in [0.2, 0.25) is 0 Å². The number of ether oxygens (including phenoxy) is 1. The van der Waals surface area contributed by atoms with Crippen molar-refractivity contribution in [2.45, 2.75) is 0 Å². The van der Waals surface area contributed by atoms with Gasteiger partial charge in [0.15, 0.2) is 5.96 Å². The van der Waals surface area contributed by atoms with Crippen molar-refractivity contribution in [3.8, 4) is 5.75 Å². The van der Waals surface area contributed by atoms with Crippen LogP contribution in [0.3, 0.4) is 0 Å². The van der Waals surface area contributed by atoms with Gasteiger partial charge in [-0.3, -0.25) is 10.1 Å². The van der Waals surface area contributed by atoms with Gasteiger partial charge in [-0.15, -0.1) is 0 Å². The number of nitrogens with two attached hydrogens (primary N) is 1. The van der Waals surface area contributed by atoms with E-state index in [1.54, 1.807) is 13.2 Å². The standard InChI is InChI=1S/C15H15N3O2/c1-20-14-7-6-11-4-2-3-5-12(11)13(14)8-9-17-15(16)18-10-19/h2-10H,1H3,(H3,16,17,18,19)/b9-8+. The second-order valence-electron chi connectivity index (χ2n) is 3.99. The van der Waals surface area contributed by atoms with Crippen LogP contribution < -0.4 is 15.8 Å². The van der Waals surface area contributed by atoms with E-state index in [0.29, 0.717) is 6.41 Å². The van der Waals surface area contributed by atoms with E-state index >= 15 is 0 Å². The molecule has 20 heavy (non-hydrogen) atoms. The number of nitrogens with zero attached hydrogens (tertiary/aromatic N) is 1. The Morgan fingerprint density at radius 2 is 2.10 bits per heavy atom. The fourth-order valence-corrected chi connectivity index (χ4v) is 1.92. The van der Waals surface area contributed by atoms with Crippen molar-refractivity contribution in [2.24, 2.45) is 10.7 Å². The van der Waals surface area contributed by atoms with Gasteiger partial charge in [0.25, 0.3) is 0 Å². The summed E-state index contributed by atoms with van der Waals surface area (Å²) in [6.07, 6.45) is 3.79. The molecule has 0 spiro atoms. The van der Waals surface area contributed by atoms with Gasteiger partial charge < -0.3 is 10.5 Å². The Morgan fingerprint density at radius 1 is 1.30 bits per heavy atom. The summed E-state index contributed by atoms with van der Waals surface area (Å²) in [6, 6.07) is 11.9. The Balaban J connectivity index is 2.44. The lowest BCUT2D eigenvalue weighted by Gasteiger charge is -2.08. The molecule has 0 fully saturated rings. The molecule has 0 atom stereocenters. The largest absolute Gasteiger partial charge is 0.496 e. The van der Waals surface area contributed by atoms with Crippen LogP contribution in [0.1, 0.15) is 5.56 Å². The smallest absolute Gasteiger partial charge is 0.213 e. The first-order valence-corrected chi connectivity index (χ1v) is 6.02. The average molecular weight is 269 g/mol. The van der Waals surface area contributed by atoms with E-state index < -0.39 is 0 Å². The molecule has 5 heteroatoms. The van der Waals surface area contributed by atoms with E-state index in [1.165, 1.54) is 6.20 Å². The molecular formula is C15H15N3O2. The van der Waals surface area contributed by atoms with E-state index in [2.05, 4.69) is 10.3 Å². The second-order valence-corrected chi connectivity index (χ2v) is 3.99. The van der Waals surface area contributed by atoms with Gasteiger partial charge in [-0.05, 0) is 22.9 Å². The second kappa shape index (κ2) is 6.38. The van der Waals surface area contributed by atoms with Gasteiger partial charge in [-0.2, -0.15) is 0 Å². The van der Waals surface area contributed by atoms with Gasteiger partial charge in [-0.25, -0.2) is 4.99 Å². The summed E-state index contributed by atoms with van der Waals surface area (Å²) < 4.78 is 5.36. The van der Waals surface area contributed by atoms with Crippen LogP contribution in [0.4, 0.5) is 0 Å². The fourth-order valence-electron chi connectivity index (χ4n) is 1.92. The monoisotopic (exact) mass is 269 g/mol. The lowest BCUT2D eigenvalue weighted by Crippen LogP contribution is -2.29. The third-order valence-corrected chi connectivity index (χ3v) is 2.81. The first-order valence-electron chi connectivity index (χ1n) is 6.02. The number of carbonyl (C=O) groups excluding carboxylic acids is 1.